The highest BCUT2D eigenvalue weighted by atomic mass is 16.3. The monoisotopic (exact) mass is 221 g/mol. The lowest BCUT2D eigenvalue weighted by molar-refractivity contribution is -0.137. The van der Waals surface area contributed by atoms with Crippen LogP contribution in [0.4, 0.5) is 0 Å². The molecule has 0 spiro atoms. The maximum absolute atomic E-state index is 11.5. The number of hydrogen-bond acceptors (Lipinski definition) is 2. The van der Waals surface area contributed by atoms with Gasteiger partial charge in [0.05, 0.1) is 0 Å². The summed E-state index contributed by atoms with van der Waals surface area (Å²) >= 11 is 0. The van der Waals surface area contributed by atoms with E-state index in [0.29, 0.717) is 0 Å². The van der Waals surface area contributed by atoms with Crippen molar-refractivity contribution < 1.29 is 9.90 Å². The van der Waals surface area contributed by atoms with Crippen molar-refractivity contribution in [2.75, 3.05) is 0 Å². The Balaban J connectivity index is 2.49. The van der Waals surface area contributed by atoms with Gasteiger partial charge >= 0.3 is 0 Å². The molecule has 16 heavy (non-hydrogen) atoms. The molecule has 0 saturated heterocycles. The summed E-state index contributed by atoms with van der Waals surface area (Å²) in [7, 11) is 0. The first-order valence-electron chi connectivity index (χ1n) is 5.47. The summed E-state index contributed by atoms with van der Waals surface area (Å²) in [6, 6.07) is 9.96. The Labute approximate surface area is 96.5 Å². The van der Waals surface area contributed by atoms with Gasteiger partial charge in [0.2, 0.25) is 0 Å². The Bertz CT molecular complexity index is 341. The van der Waals surface area contributed by atoms with Gasteiger partial charge in [-0.15, -0.1) is 0 Å². The Morgan fingerprint density at radius 3 is 2.44 bits per heavy atom. The van der Waals surface area contributed by atoms with Crippen molar-refractivity contribution in [3.63, 3.8) is 0 Å². The van der Waals surface area contributed by atoms with Gasteiger partial charge in [0, 0.05) is 6.04 Å². The fraction of sp³-hybridized carbons (Fsp3) is 0.462. The minimum absolute atomic E-state index is 0.0151. The number of amides is 1. The van der Waals surface area contributed by atoms with Crippen LogP contribution in [0.1, 0.15) is 26.3 Å². The molecule has 3 nitrogen and oxygen atoms in total. The summed E-state index contributed by atoms with van der Waals surface area (Å²) in [5.41, 5.74) is -0.142. The molecule has 0 aliphatic heterocycles. The maximum Gasteiger partial charge on any atom is 0.251 e. The second kappa shape index (κ2) is 5.12. The molecule has 1 aromatic carbocycles. The first kappa shape index (κ1) is 12.7. The van der Waals surface area contributed by atoms with Crippen LogP contribution in [0.5, 0.6) is 0 Å². The summed E-state index contributed by atoms with van der Waals surface area (Å²) in [6.07, 6.45) is 0.767. The Morgan fingerprint density at radius 1 is 1.38 bits per heavy atom. The van der Waals surface area contributed by atoms with Crippen LogP contribution in [0, 0.1) is 0 Å². The Morgan fingerprint density at radius 2 is 1.94 bits per heavy atom. The molecule has 0 fully saturated rings. The first-order chi connectivity index (χ1) is 7.39. The normalized spacial score (nSPS) is 13.2. The first-order valence-corrected chi connectivity index (χ1v) is 5.47. The number of hydrogen-bond donors (Lipinski definition) is 2. The Kier molecular flexibility index (Phi) is 4.07. The molecule has 0 heterocycles. The van der Waals surface area contributed by atoms with Crippen LogP contribution in [0.2, 0.25) is 0 Å². The molecular formula is C13H19NO2. The van der Waals surface area contributed by atoms with E-state index in [2.05, 4.69) is 5.32 Å². The van der Waals surface area contributed by atoms with Crippen LogP contribution < -0.4 is 5.32 Å². The van der Waals surface area contributed by atoms with Gasteiger partial charge in [-0.05, 0) is 32.8 Å². The summed E-state index contributed by atoms with van der Waals surface area (Å²) < 4.78 is 0. The summed E-state index contributed by atoms with van der Waals surface area (Å²) in [5.74, 6) is -0.337. The number of rotatable bonds is 4. The second-order valence-electron chi connectivity index (χ2n) is 4.62. The zero-order valence-corrected chi connectivity index (χ0v) is 10.0. The largest absolute Gasteiger partial charge is 0.381 e. The van der Waals surface area contributed by atoms with Gasteiger partial charge in [0.25, 0.3) is 5.91 Å². The van der Waals surface area contributed by atoms with Crippen LogP contribution in [-0.4, -0.2) is 22.7 Å². The lowest BCUT2D eigenvalue weighted by Gasteiger charge is -2.21. The molecule has 0 saturated carbocycles. The number of nitrogens with one attached hydrogen (secondary N) is 1. The average molecular weight is 221 g/mol. The predicted octanol–water partition coefficient (Wildman–Crippen LogP) is 1.50. The van der Waals surface area contributed by atoms with E-state index in [9.17, 15) is 9.90 Å². The van der Waals surface area contributed by atoms with E-state index in [1.54, 1.807) is 0 Å². The second-order valence-corrected chi connectivity index (χ2v) is 4.62. The van der Waals surface area contributed by atoms with Crippen LogP contribution in [0.25, 0.3) is 0 Å². The van der Waals surface area contributed by atoms with Gasteiger partial charge in [0.1, 0.15) is 5.60 Å². The lowest BCUT2D eigenvalue weighted by Crippen LogP contribution is -2.46. The van der Waals surface area contributed by atoms with E-state index < -0.39 is 5.60 Å². The molecule has 3 heteroatoms. The minimum atomic E-state index is -1.31. The van der Waals surface area contributed by atoms with Crippen molar-refractivity contribution in [2.45, 2.75) is 38.8 Å². The fourth-order valence-electron chi connectivity index (χ4n) is 1.42. The molecular weight excluding hydrogens is 202 g/mol. The summed E-state index contributed by atoms with van der Waals surface area (Å²) in [4.78, 5) is 11.5. The molecule has 1 rings (SSSR count). The molecule has 2 N–H and O–H groups in total. The highest BCUT2D eigenvalue weighted by Gasteiger charge is 2.24. The average Bonchev–Trinajstić information content (AvgIpc) is 2.17. The molecule has 0 bridgehead atoms. The van der Waals surface area contributed by atoms with Crippen molar-refractivity contribution in [3.05, 3.63) is 35.9 Å². The van der Waals surface area contributed by atoms with Crippen LogP contribution in [0.15, 0.2) is 30.3 Å². The standard InChI is InChI=1S/C13H19NO2/c1-10(14-12(15)13(2,3)16)9-11-7-5-4-6-8-11/h4-8,10,16H,9H2,1-3H3,(H,14,15). The van der Waals surface area contributed by atoms with Gasteiger partial charge < -0.3 is 10.4 Å². The molecule has 0 aliphatic rings. The van der Waals surface area contributed by atoms with Crippen molar-refractivity contribution in [1.82, 2.24) is 5.32 Å². The third-order valence-electron chi connectivity index (χ3n) is 2.32. The molecule has 0 aromatic heterocycles. The van der Waals surface area contributed by atoms with Gasteiger partial charge in [0.15, 0.2) is 0 Å². The third kappa shape index (κ3) is 4.03. The van der Waals surface area contributed by atoms with E-state index in [1.807, 2.05) is 37.3 Å². The zero-order valence-electron chi connectivity index (χ0n) is 10.0. The van der Waals surface area contributed by atoms with Crippen LogP contribution in [-0.2, 0) is 11.2 Å². The quantitative estimate of drug-likeness (QED) is 0.809. The summed E-state index contributed by atoms with van der Waals surface area (Å²) in [5, 5.41) is 12.3. The van der Waals surface area contributed by atoms with Gasteiger partial charge in [-0.3, -0.25) is 4.79 Å². The molecule has 88 valence electrons. The van der Waals surface area contributed by atoms with Gasteiger partial charge in [-0.1, -0.05) is 30.3 Å². The summed E-state index contributed by atoms with van der Waals surface area (Å²) in [6.45, 7) is 4.89. The van der Waals surface area contributed by atoms with E-state index in [1.165, 1.54) is 19.4 Å². The number of carbonyl (C=O) groups is 1. The molecule has 0 radical (unpaired) electrons. The topological polar surface area (TPSA) is 49.3 Å². The van der Waals surface area contributed by atoms with Crippen molar-refractivity contribution in [3.8, 4) is 0 Å². The van der Waals surface area contributed by atoms with Crippen molar-refractivity contribution >= 4 is 5.91 Å². The van der Waals surface area contributed by atoms with Crippen molar-refractivity contribution in [2.24, 2.45) is 0 Å². The zero-order chi connectivity index (χ0) is 12.2. The van der Waals surface area contributed by atoms with Gasteiger partial charge in [-0.2, -0.15) is 0 Å². The predicted molar refractivity (Wildman–Crippen MR) is 64.0 cm³/mol. The molecule has 1 unspecified atom stereocenters. The van der Waals surface area contributed by atoms with Gasteiger partial charge in [-0.25, -0.2) is 0 Å². The van der Waals surface area contributed by atoms with E-state index >= 15 is 0 Å². The fourth-order valence-corrected chi connectivity index (χ4v) is 1.42. The number of carbonyl (C=O) groups excluding carboxylic acids is 1. The molecule has 1 amide bonds. The molecule has 0 aliphatic carbocycles. The van der Waals surface area contributed by atoms with E-state index in [-0.39, 0.29) is 11.9 Å². The highest BCUT2D eigenvalue weighted by Crippen LogP contribution is 2.05. The smallest absolute Gasteiger partial charge is 0.251 e. The molecule has 1 atom stereocenters. The van der Waals surface area contributed by atoms with Crippen molar-refractivity contribution in [1.29, 1.82) is 0 Å². The highest BCUT2D eigenvalue weighted by molar-refractivity contribution is 5.84. The molecule has 1 aromatic rings. The maximum atomic E-state index is 11.5. The van der Waals surface area contributed by atoms with E-state index in [0.717, 1.165) is 6.42 Å². The number of aliphatic hydroxyl groups is 1. The minimum Gasteiger partial charge on any atom is -0.381 e. The van der Waals surface area contributed by atoms with Crippen LogP contribution in [0.3, 0.4) is 0 Å². The number of benzene rings is 1. The lowest BCUT2D eigenvalue weighted by atomic mass is 10.1. The Hall–Kier alpha value is -1.35. The van der Waals surface area contributed by atoms with E-state index in [4.69, 9.17) is 0 Å². The SMILES string of the molecule is CC(Cc1ccccc1)NC(=O)C(C)(C)O. The third-order valence-corrected chi connectivity index (χ3v) is 2.32. The van der Waals surface area contributed by atoms with Crippen LogP contribution >= 0.6 is 0 Å².